The van der Waals surface area contributed by atoms with Crippen LogP contribution in [-0.2, 0) is 6.42 Å². The number of nitrogens with zero attached hydrogens (tertiary/aromatic N) is 3. The fourth-order valence-electron chi connectivity index (χ4n) is 3.14. The first kappa shape index (κ1) is 27.6. The topological polar surface area (TPSA) is 60.0 Å². The summed E-state index contributed by atoms with van der Waals surface area (Å²) in [4.78, 5) is 20.5. The van der Waals surface area contributed by atoms with Gasteiger partial charge in [0.15, 0.2) is 5.96 Å². The van der Waals surface area contributed by atoms with Crippen LogP contribution in [0.3, 0.4) is 0 Å². The van der Waals surface area contributed by atoms with Crippen LogP contribution in [0.15, 0.2) is 29.3 Å². The fourth-order valence-corrected chi connectivity index (χ4v) is 3.14. The molecular formula is C22H40IN5O. The number of benzene rings is 1. The zero-order valence-electron chi connectivity index (χ0n) is 18.8. The Hall–Kier alpha value is -1.35. The van der Waals surface area contributed by atoms with Gasteiger partial charge in [0.25, 0.3) is 5.91 Å². The lowest BCUT2D eigenvalue weighted by Gasteiger charge is -2.21. The number of guanidine groups is 1. The van der Waals surface area contributed by atoms with E-state index in [4.69, 9.17) is 0 Å². The predicted molar refractivity (Wildman–Crippen MR) is 135 cm³/mol. The van der Waals surface area contributed by atoms with Crippen molar-refractivity contribution in [3.05, 3.63) is 35.4 Å². The SMILES string of the molecule is CCCN(CCC)CCCNC(=NC)NCCc1cccc(C(=O)N(C)C)c1.I. The number of halogens is 1. The third kappa shape index (κ3) is 11.4. The molecule has 0 heterocycles. The molecule has 7 heteroatoms. The van der Waals surface area contributed by atoms with Crippen LogP contribution < -0.4 is 10.6 Å². The van der Waals surface area contributed by atoms with Gasteiger partial charge in [-0.05, 0) is 63.0 Å². The van der Waals surface area contributed by atoms with Crippen molar-refractivity contribution >= 4 is 35.8 Å². The molecule has 0 atom stereocenters. The standard InChI is InChI=1S/C22H39N5O.HI/c1-6-15-27(16-7-2)17-9-13-24-22(23-3)25-14-12-19-10-8-11-20(18-19)21(28)26(4)5;/h8,10-11,18H,6-7,9,12-17H2,1-5H3,(H2,23,24,25);1H. The summed E-state index contributed by atoms with van der Waals surface area (Å²) in [6.45, 7) is 9.63. The highest BCUT2D eigenvalue weighted by atomic mass is 127. The first-order valence-electron chi connectivity index (χ1n) is 10.5. The van der Waals surface area contributed by atoms with Crippen LogP contribution in [0, 0.1) is 0 Å². The molecule has 1 aromatic rings. The van der Waals surface area contributed by atoms with E-state index >= 15 is 0 Å². The van der Waals surface area contributed by atoms with Gasteiger partial charge < -0.3 is 20.4 Å². The van der Waals surface area contributed by atoms with E-state index in [-0.39, 0.29) is 29.9 Å². The third-order valence-electron chi connectivity index (χ3n) is 4.53. The highest BCUT2D eigenvalue weighted by Gasteiger charge is 2.08. The van der Waals surface area contributed by atoms with Gasteiger partial charge in [0.1, 0.15) is 0 Å². The minimum Gasteiger partial charge on any atom is -0.356 e. The van der Waals surface area contributed by atoms with E-state index in [0.717, 1.165) is 49.6 Å². The molecule has 0 saturated heterocycles. The van der Waals surface area contributed by atoms with Crippen molar-refractivity contribution < 1.29 is 4.79 Å². The van der Waals surface area contributed by atoms with E-state index in [9.17, 15) is 4.79 Å². The maximum atomic E-state index is 12.1. The Morgan fingerprint density at radius 2 is 1.69 bits per heavy atom. The van der Waals surface area contributed by atoms with Crippen LogP contribution >= 0.6 is 24.0 Å². The molecule has 0 aliphatic rings. The molecule has 1 amide bonds. The molecule has 0 aliphatic carbocycles. The third-order valence-corrected chi connectivity index (χ3v) is 4.53. The monoisotopic (exact) mass is 517 g/mol. The number of hydrogen-bond acceptors (Lipinski definition) is 3. The molecule has 6 nitrogen and oxygen atoms in total. The minimum absolute atomic E-state index is 0. The number of carbonyl (C=O) groups excluding carboxylic acids is 1. The van der Waals surface area contributed by atoms with E-state index in [1.54, 1.807) is 26.0 Å². The Balaban J connectivity index is 0.00000784. The molecule has 0 unspecified atom stereocenters. The summed E-state index contributed by atoms with van der Waals surface area (Å²) in [5.74, 6) is 0.866. The average Bonchev–Trinajstić information content (AvgIpc) is 2.69. The minimum atomic E-state index is 0. The number of carbonyl (C=O) groups is 1. The Morgan fingerprint density at radius 1 is 1.03 bits per heavy atom. The molecule has 0 radical (unpaired) electrons. The second kappa shape index (κ2) is 16.4. The average molecular weight is 518 g/mol. The number of hydrogen-bond donors (Lipinski definition) is 2. The maximum absolute atomic E-state index is 12.1. The molecule has 1 rings (SSSR count). The van der Waals surface area contributed by atoms with Gasteiger partial charge in [-0.15, -0.1) is 24.0 Å². The summed E-state index contributed by atoms with van der Waals surface area (Å²) in [6, 6.07) is 7.83. The summed E-state index contributed by atoms with van der Waals surface area (Å²) in [7, 11) is 5.35. The Kier molecular flexibility index (Phi) is 15.7. The van der Waals surface area contributed by atoms with Crippen molar-refractivity contribution in [2.75, 3.05) is 53.9 Å². The van der Waals surface area contributed by atoms with E-state index in [0.29, 0.717) is 0 Å². The Bertz CT molecular complexity index is 601. The van der Waals surface area contributed by atoms with Crippen molar-refractivity contribution in [2.45, 2.75) is 39.5 Å². The lowest BCUT2D eigenvalue weighted by atomic mass is 10.1. The van der Waals surface area contributed by atoms with Gasteiger partial charge in [-0.3, -0.25) is 9.79 Å². The fraction of sp³-hybridized carbons (Fsp3) is 0.636. The molecule has 1 aromatic carbocycles. The zero-order valence-corrected chi connectivity index (χ0v) is 21.2. The molecule has 0 fully saturated rings. The van der Waals surface area contributed by atoms with Gasteiger partial charge in [0.05, 0.1) is 0 Å². The van der Waals surface area contributed by atoms with Crippen LogP contribution in [0.2, 0.25) is 0 Å². The smallest absolute Gasteiger partial charge is 0.253 e. The predicted octanol–water partition coefficient (Wildman–Crippen LogP) is 3.23. The number of nitrogens with one attached hydrogen (secondary N) is 2. The molecule has 29 heavy (non-hydrogen) atoms. The number of rotatable bonds is 12. The second-order valence-electron chi connectivity index (χ2n) is 7.27. The molecule has 0 aromatic heterocycles. The van der Waals surface area contributed by atoms with Crippen molar-refractivity contribution in [3.8, 4) is 0 Å². The van der Waals surface area contributed by atoms with Crippen molar-refractivity contribution in [3.63, 3.8) is 0 Å². The summed E-state index contributed by atoms with van der Waals surface area (Å²) < 4.78 is 0. The van der Waals surface area contributed by atoms with Crippen molar-refractivity contribution in [1.82, 2.24) is 20.4 Å². The highest BCUT2D eigenvalue weighted by Crippen LogP contribution is 2.07. The largest absolute Gasteiger partial charge is 0.356 e. The lowest BCUT2D eigenvalue weighted by molar-refractivity contribution is 0.0827. The maximum Gasteiger partial charge on any atom is 0.253 e. The van der Waals surface area contributed by atoms with E-state index in [1.807, 2.05) is 18.2 Å². The second-order valence-corrected chi connectivity index (χ2v) is 7.27. The molecule has 166 valence electrons. The Morgan fingerprint density at radius 3 is 2.28 bits per heavy atom. The normalized spacial score (nSPS) is 11.2. The van der Waals surface area contributed by atoms with Crippen LogP contribution in [0.1, 0.15) is 49.0 Å². The summed E-state index contributed by atoms with van der Waals surface area (Å²) in [6.07, 6.45) is 4.36. The van der Waals surface area contributed by atoms with Gasteiger partial charge in [-0.1, -0.05) is 26.0 Å². The first-order chi connectivity index (χ1) is 13.5. The van der Waals surface area contributed by atoms with Gasteiger partial charge in [-0.2, -0.15) is 0 Å². The van der Waals surface area contributed by atoms with Crippen LogP contribution in [0.25, 0.3) is 0 Å². The van der Waals surface area contributed by atoms with E-state index in [1.165, 1.54) is 25.9 Å². The van der Waals surface area contributed by atoms with Gasteiger partial charge >= 0.3 is 0 Å². The molecular weight excluding hydrogens is 477 g/mol. The molecule has 0 bridgehead atoms. The lowest BCUT2D eigenvalue weighted by Crippen LogP contribution is -2.39. The van der Waals surface area contributed by atoms with Crippen molar-refractivity contribution in [1.29, 1.82) is 0 Å². The first-order valence-corrected chi connectivity index (χ1v) is 10.5. The van der Waals surface area contributed by atoms with E-state index < -0.39 is 0 Å². The quantitative estimate of drug-likeness (QED) is 0.194. The number of amides is 1. The van der Waals surface area contributed by atoms with Crippen LogP contribution in [0.5, 0.6) is 0 Å². The van der Waals surface area contributed by atoms with Crippen LogP contribution in [-0.4, -0.2) is 75.5 Å². The van der Waals surface area contributed by atoms with Crippen LogP contribution in [0.4, 0.5) is 0 Å². The zero-order chi connectivity index (χ0) is 20.8. The summed E-state index contributed by atoms with van der Waals surface area (Å²) in [5, 5.41) is 6.75. The van der Waals surface area contributed by atoms with Crippen molar-refractivity contribution in [2.24, 2.45) is 4.99 Å². The van der Waals surface area contributed by atoms with Gasteiger partial charge in [0, 0.05) is 39.8 Å². The Labute approximate surface area is 194 Å². The molecule has 0 aliphatic heterocycles. The molecule has 2 N–H and O–H groups in total. The summed E-state index contributed by atoms with van der Waals surface area (Å²) in [5.41, 5.74) is 1.87. The van der Waals surface area contributed by atoms with Gasteiger partial charge in [0.2, 0.25) is 0 Å². The van der Waals surface area contributed by atoms with E-state index in [2.05, 4.69) is 40.4 Å². The summed E-state index contributed by atoms with van der Waals surface area (Å²) >= 11 is 0. The number of aliphatic imine (C=N–C) groups is 1. The molecule has 0 spiro atoms. The van der Waals surface area contributed by atoms with Gasteiger partial charge in [-0.25, -0.2) is 0 Å². The highest BCUT2D eigenvalue weighted by molar-refractivity contribution is 14.0. The molecule has 0 saturated carbocycles.